The summed E-state index contributed by atoms with van der Waals surface area (Å²) in [5.41, 5.74) is 1.98. The van der Waals surface area contributed by atoms with Gasteiger partial charge in [-0.25, -0.2) is 0 Å². The van der Waals surface area contributed by atoms with E-state index in [0.717, 1.165) is 12.1 Å². The minimum atomic E-state index is -4.44. The van der Waals surface area contributed by atoms with E-state index in [9.17, 15) is 8.42 Å². The first-order chi connectivity index (χ1) is 11.4. The average molecular weight is 342 g/mol. The summed E-state index contributed by atoms with van der Waals surface area (Å²) in [6.45, 7) is 0. The van der Waals surface area contributed by atoms with Crippen LogP contribution in [0.1, 0.15) is 0 Å². The average Bonchev–Trinajstić information content (AvgIpc) is 2.57. The summed E-state index contributed by atoms with van der Waals surface area (Å²) in [4.78, 5) is -0.393. The molecular formula is C15H10N4O4S. The summed E-state index contributed by atoms with van der Waals surface area (Å²) < 4.78 is 37.2. The van der Waals surface area contributed by atoms with Crippen LogP contribution >= 0.6 is 0 Å². The Kier molecular flexibility index (Phi) is 5.12. The lowest BCUT2D eigenvalue weighted by atomic mass is 10.3. The minimum Gasteiger partial charge on any atom is -0.455 e. The van der Waals surface area contributed by atoms with Gasteiger partial charge in [0.05, 0.1) is 4.90 Å². The molecule has 0 fully saturated rings. The third-order valence-electron chi connectivity index (χ3n) is 2.72. The number of hydrogen-bond donors (Lipinski definition) is 2. The van der Waals surface area contributed by atoms with Gasteiger partial charge >= 0.3 is 0 Å². The van der Waals surface area contributed by atoms with Crippen LogP contribution in [0.2, 0.25) is 0 Å². The van der Waals surface area contributed by atoms with Crippen LogP contribution in [0.5, 0.6) is 11.5 Å². The summed E-state index contributed by atoms with van der Waals surface area (Å²) in [7, 11) is -4.44. The number of para-hydroxylation sites is 1. The smallest absolute Gasteiger partial charge is 0.294 e. The van der Waals surface area contributed by atoms with E-state index in [1.165, 1.54) is 6.07 Å². The molecule has 9 heteroatoms. The van der Waals surface area contributed by atoms with Crippen molar-refractivity contribution in [3.63, 3.8) is 0 Å². The maximum atomic E-state index is 11.3. The normalized spacial score (nSPS) is 10.1. The van der Waals surface area contributed by atoms with Gasteiger partial charge in [-0.15, -0.1) is 0 Å². The van der Waals surface area contributed by atoms with Crippen LogP contribution in [0.15, 0.2) is 58.5 Å². The zero-order chi connectivity index (χ0) is 17.6. The molecule has 0 aliphatic carbocycles. The maximum absolute atomic E-state index is 11.3. The van der Waals surface area contributed by atoms with Gasteiger partial charge in [0.1, 0.15) is 23.6 Å². The summed E-state index contributed by atoms with van der Waals surface area (Å²) in [5.74, 6) is 0.664. The lowest BCUT2D eigenvalue weighted by Crippen LogP contribution is -2.02. The molecule has 0 radical (unpaired) electrons. The number of hydrogen-bond acceptors (Lipinski definition) is 7. The molecule has 24 heavy (non-hydrogen) atoms. The van der Waals surface area contributed by atoms with Gasteiger partial charge in [0.15, 0.2) is 5.75 Å². The van der Waals surface area contributed by atoms with Crippen molar-refractivity contribution in [2.45, 2.75) is 4.90 Å². The standard InChI is InChI=1S/C15H10N4O4S/c16-9-11(10-17)18-19-14-8-13(24(20,21)22)6-7-15(14)23-12-4-2-1-3-5-12/h1-8,19H,(H,20,21,22). The SMILES string of the molecule is N#CC(C#N)=NNc1cc(S(=O)(=O)O)ccc1Oc1ccccc1. The second-order valence-electron chi connectivity index (χ2n) is 4.34. The highest BCUT2D eigenvalue weighted by atomic mass is 32.2. The van der Waals surface area contributed by atoms with Crippen molar-refractivity contribution in [2.75, 3.05) is 5.43 Å². The molecule has 0 amide bonds. The van der Waals surface area contributed by atoms with Gasteiger partial charge in [-0.05, 0) is 30.3 Å². The molecule has 0 aliphatic rings. The first kappa shape index (κ1) is 17.0. The molecule has 2 N–H and O–H groups in total. The van der Waals surface area contributed by atoms with Crippen LogP contribution in [0.25, 0.3) is 0 Å². The lowest BCUT2D eigenvalue weighted by Gasteiger charge is -2.11. The largest absolute Gasteiger partial charge is 0.455 e. The Hall–Kier alpha value is -3.40. The number of ether oxygens (including phenoxy) is 1. The number of benzene rings is 2. The fourth-order valence-electron chi connectivity index (χ4n) is 1.65. The van der Waals surface area contributed by atoms with Gasteiger partial charge < -0.3 is 4.74 Å². The molecule has 0 heterocycles. The Morgan fingerprint density at radius 2 is 1.79 bits per heavy atom. The van der Waals surface area contributed by atoms with Gasteiger partial charge in [-0.3, -0.25) is 9.98 Å². The molecule has 0 bridgehead atoms. The predicted molar refractivity (Wildman–Crippen MR) is 85.1 cm³/mol. The monoisotopic (exact) mass is 342 g/mol. The molecule has 2 aromatic rings. The van der Waals surface area contributed by atoms with Crippen LogP contribution in [0, 0.1) is 22.7 Å². The van der Waals surface area contributed by atoms with Gasteiger partial charge in [-0.2, -0.15) is 24.0 Å². The molecule has 0 aliphatic heterocycles. The van der Waals surface area contributed by atoms with Crippen molar-refractivity contribution in [2.24, 2.45) is 5.10 Å². The minimum absolute atomic E-state index is 0.0528. The van der Waals surface area contributed by atoms with E-state index < -0.39 is 20.7 Å². The topological polar surface area (TPSA) is 136 Å². The summed E-state index contributed by atoms with van der Waals surface area (Å²) in [6.07, 6.45) is 0. The first-order valence-corrected chi connectivity index (χ1v) is 7.86. The molecule has 0 spiro atoms. The Morgan fingerprint density at radius 1 is 1.12 bits per heavy atom. The Balaban J connectivity index is 2.44. The van der Waals surface area contributed by atoms with E-state index in [1.54, 1.807) is 42.5 Å². The van der Waals surface area contributed by atoms with Crippen molar-refractivity contribution in [3.8, 4) is 23.6 Å². The predicted octanol–water partition coefficient (Wildman–Crippen LogP) is 2.54. The zero-order valence-electron chi connectivity index (χ0n) is 12.0. The van der Waals surface area contributed by atoms with Crippen LogP contribution in [-0.2, 0) is 10.1 Å². The van der Waals surface area contributed by atoms with Gasteiger partial charge in [0.2, 0.25) is 5.71 Å². The van der Waals surface area contributed by atoms with Gasteiger partial charge in [-0.1, -0.05) is 18.2 Å². The fourth-order valence-corrected chi connectivity index (χ4v) is 2.16. The molecular weight excluding hydrogens is 332 g/mol. The molecule has 0 atom stereocenters. The molecule has 0 saturated heterocycles. The third-order valence-corrected chi connectivity index (χ3v) is 3.57. The van der Waals surface area contributed by atoms with Crippen LogP contribution in [0.3, 0.4) is 0 Å². The number of nitriles is 2. The van der Waals surface area contributed by atoms with Crippen molar-refractivity contribution < 1.29 is 17.7 Å². The molecule has 2 rings (SSSR count). The van der Waals surface area contributed by atoms with Gasteiger partial charge in [0.25, 0.3) is 10.1 Å². The number of anilines is 1. The van der Waals surface area contributed by atoms with Crippen molar-refractivity contribution in [1.29, 1.82) is 10.5 Å². The summed E-state index contributed by atoms with van der Waals surface area (Å²) in [5, 5.41) is 20.9. The zero-order valence-corrected chi connectivity index (χ0v) is 12.9. The molecule has 2 aromatic carbocycles. The Morgan fingerprint density at radius 3 is 2.38 bits per heavy atom. The van der Waals surface area contributed by atoms with Crippen molar-refractivity contribution in [3.05, 3.63) is 48.5 Å². The van der Waals surface area contributed by atoms with E-state index in [1.807, 2.05) is 0 Å². The van der Waals surface area contributed by atoms with Crippen LogP contribution in [0.4, 0.5) is 5.69 Å². The number of hydrazone groups is 1. The van der Waals surface area contributed by atoms with E-state index in [4.69, 9.17) is 19.8 Å². The quantitative estimate of drug-likeness (QED) is 0.484. The van der Waals surface area contributed by atoms with Crippen LogP contribution < -0.4 is 10.2 Å². The van der Waals surface area contributed by atoms with E-state index in [-0.39, 0.29) is 11.4 Å². The fraction of sp³-hybridized carbons (Fsp3) is 0. The highest BCUT2D eigenvalue weighted by Crippen LogP contribution is 2.31. The Labute approximate surface area is 138 Å². The Bertz CT molecular complexity index is 941. The van der Waals surface area contributed by atoms with E-state index >= 15 is 0 Å². The highest BCUT2D eigenvalue weighted by Gasteiger charge is 2.14. The second-order valence-corrected chi connectivity index (χ2v) is 5.77. The van der Waals surface area contributed by atoms with E-state index in [0.29, 0.717) is 5.75 Å². The molecule has 0 aromatic heterocycles. The summed E-state index contributed by atoms with van der Waals surface area (Å²) >= 11 is 0. The van der Waals surface area contributed by atoms with Crippen molar-refractivity contribution in [1.82, 2.24) is 0 Å². The molecule has 120 valence electrons. The molecule has 8 nitrogen and oxygen atoms in total. The maximum Gasteiger partial charge on any atom is 0.294 e. The molecule has 0 unspecified atom stereocenters. The third kappa shape index (κ3) is 4.30. The second kappa shape index (κ2) is 7.24. The number of rotatable bonds is 5. The highest BCUT2D eigenvalue weighted by molar-refractivity contribution is 7.85. The van der Waals surface area contributed by atoms with Crippen molar-refractivity contribution >= 4 is 21.5 Å². The number of nitrogens with one attached hydrogen (secondary N) is 1. The lowest BCUT2D eigenvalue weighted by molar-refractivity contribution is 0.479. The number of nitrogens with zero attached hydrogens (tertiary/aromatic N) is 3. The van der Waals surface area contributed by atoms with Crippen LogP contribution in [-0.4, -0.2) is 18.7 Å². The van der Waals surface area contributed by atoms with Gasteiger partial charge in [0, 0.05) is 0 Å². The molecule has 0 saturated carbocycles. The first-order valence-electron chi connectivity index (χ1n) is 6.42. The van der Waals surface area contributed by atoms with E-state index in [2.05, 4.69) is 10.5 Å². The summed E-state index contributed by atoms with van der Waals surface area (Å²) in [6, 6.07) is 15.3.